The maximum absolute atomic E-state index is 14.4. The number of amides is 1. The van der Waals surface area contributed by atoms with E-state index in [1.54, 1.807) is 19.1 Å². The van der Waals surface area contributed by atoms with E-state index in [0.29, 0.717) is 5.56 Å². The third-order valence-corrected chi connectivity index (χ3v) is 6.50. The van der Waals surface area contributed by atoms with Crippen LogP contribution >= 0.6 is 0 Å². The van der Waals surface area contributed by atoms with E-state index in [2.05, 4.69) is 9.97 Å². The molecule has 0 spiro atoms. The molecule has 1 unspecified atom stereocenters. The number of nitrogens with two attached hydrogens (primary N) is 1. The number of carbonyl (C=O) groups is 3. The molecule has 1 amide bonds. The first-order valence-corrected chi connectivity index (χ1v) is 11.7. The van der Waals surface area contributed by atoms with Crippen molar-refractivity contribution in [1.82, 2.24) is 14.9 Å². The molecule has 0 bridgehead atoms. The van der Waals surface area contributed by atoms with Crippen molar-refractivity contribution < 1.29 is 19.1 Å². The fourth-order valence-electron chi connectivity index (χ4n) is 4.82. The van der Waals surface area contributed by atoms with E-state index < -0.39 is 29.5 Å². The van der Waals surface area contributed by atoms with E-state index in [1.807, 2.05) is 54.6 Å². The molecular weight excluding hydrogens is 456 g/mol. The molecule has 4 rings (SSSR count). The molecule has 3 atom stereocenters. The maximum atomic E-state index is 14.4. The van der Waals surface area contributed by atoms with E-state index in [9.17, 15) is 14.4 Å². The lowest BCUT2D eigenvalue weighted by Gasteiger charge is -2.47. The van der Waals surface area contributed by atoms with Gasteiger partial charge in [0.05, 0.1) is 19.3 Å². The molecule has 0 saturated carbocycles. The Morgan fingerprint density at radius 3 is 2.50 bits per heavy atom. The standard InChI is InChI=1S/C28H28N4O4/c1-19(27(35)36-2)32(26(34)24-18-30-15-16-31-24)28(14-8-12-21-11-6-7-13-22(21)28)25(33)23(29)17-20-9-4-3-5-10-20/h3-13,15-16,18-19,23H,14,17,29H2,1-2H3/t19-,23-,28?/m0/s1. The Morgan fingerprint density at radius 1 is 1.08 bits per heavy atom. The highest BCUT2D eigenvalue weighted by Crippen LogP contribution is 2.42. The van der Waals surface area contributed by atoms with Crippen LogP contribution in [0, 0.1) is 0 Å². The van der Waals surface area contributed by atoms with Crippen LogP contribution < -0.4 is 5.73 Å². The summed E-state index contributed by atoms with van der Waals surface area (Å²) in [7, 11) is 1.24. The van der Waals surface area contributed by atoms with Crippen molar-refractivity contribution >= 4 is 23.7 Å². The fourth-order valence-corrected chi connectivity index (χ4v) is 4.82. The molecule has 3 aromatic rings. The summed E-state index contributed by atoms with van der Waals surface area (Å²) in [5.41, 5.74) is 7.23. The number of nitrogens with zero attached hydrogens (tertiary/aromatic N) is 3. The number of Topliss-reactive ketones (excluding diaryl/α,β-unsaturated/α-hetero) is 1. The molecule has 184 valence electrons. The summed E-state index contributed by atoms with van der Waals surface area (Å²) < 4.78 is 5.01. The van der Waals surface area contributed by atoms with Crippen molar-refractivity contribution in [3.63, 3.8) is 0 Å². The summed E-state index contributed by atoms with van der Waals surface area (Å²) in [6, 6.07) is 14.7. The van der Waals surface area contributed by atoms with Gasteiger partial charge < -0.3 is 15.4 Å². The summed E-state index contributed by atoms with van der Waals surface area (Å²) in [4.78, 5) is 50.7. The second-order valence-electron chi connectivity index (χ2n) is 8.68. The van der Waals surface area contributed by atoms with Crippen LogP contribution in [0.1, 0.15) is 40.5 Å². The van der Waals surface area contributed by atoms with Crippen LogP contribution in [-0.2, 0) is 26.3 Å². The topological polar surface area (TPSA) is 115 Å². The second-order valence-corrected chi connectivity index (χ2v) is 8.68. The van der Waals surface area contributed by atoms with Gasteiger partial charge in [-0.25, -0.2) is 9.78 Å². The number of ketones is 1. The minimum absolute atomic E-state index is 0.00379. The van der Waals surface area contributed by atoms with Crippen LogP contribution in [0.2, 0.25) is 0 Å². The summed E-state index contributed by atoms with van der Waals surface area (Å²) >= 11 is 0. The Hall–Kier alpha value is -4.17. The average molecular weight is 485 g/mol. The van der Waals surface area contributed by atoms with Gasteiger partial charge in [-0.2, -0.15) is 0 Å². The zero-order chi connectivity index (χ0) is 25.7. The minimum Gasteiger partial charge on any atom is -0.467 e. The first-order chi connectivity index (χ1) is 17.4. The Bertz CT molecular complexity index is 1280. The van der Waals surface area contributed by atoms with E-state index in [-0.39, 0.29) is 24.3 Å². The number of fused-ring (bicyclic) bond motifs is 1. The highest BCUT2D eigenvalue weighted by molar-refractivity contribution is 6.04. The highest BCUT2D eigenvalue weighted by Gasteiger charge is 2.53. The Morgan fingerprint density at radius 2 is 1.81 bits per heavy atom. The number of esters is 1. The van der Waals surface area contributed by atoms with Crippen LogP contribution in [0.3, 0.4) is 0 Å². The van der Waals surface area contributed by atoms with Gasteiger partial charge in [-0.05, 0) is 30.0 Å². The maximum Gasteiger partial charge on any atom is 0.328 e. The molecule has 1 aliphatic rings. The first kappa shape index (κ1) is 24.9. The number of hydrogen-bond acceptors (Lipinski definition) is 7. The second kappa shape index (κ2) is 10.6. The first-order valence-electron chi connectivity index (χ1n) is 11.7. The van der Waals surface area contributed by atoms with Gasteiger partial charge in [0, 0.05) is 18.8 Å². The fraction of sp³-hybridized carbons (Fsp3) is 0.250. The van der Waals surface area contributed by atoms with Crippen molar-refractivity contribution in [2.24, 2.45) is 5.73 Å². The minimum atomic E-state index is -1.57. The Kier molecular flexibility index (Phi) is 7.36. The predicted octanol–water partition coefficient (Wildman–Crippen LogP) is 2.93. The van der Waals surface area contributed by atoms with Crippen molar-refractivity contribution in [3.8, 4) is 0 Å². The Balaban J connectivity index is 1.91. The number of methoxy groups -OCH3 is 1. The third kappa shape index (κ3) is 4.55. The molecule has 0 radical (unpaired) electrons. The van der Waals surface area contributed by atoms with Gasteiger partial charge in [0.25, 0.3) is 5.91 Å². The van der Waals surface area contributed by atoms with Gasteiger partial charge in [0.2, 0.25) is 0 Å². The quantitative estimate of drug-likeness (QED) is 0.489. The van der Waals surface area contributed by atoms with Crippen molar-refractivity contribution in [3.05, 3.63) is 102 Å². The number of rotatable bonds is 8. The van der Waals surface area contributed by atoms with Gasteiger partial charge in [-0.3, -0.25) is 14.6 Å². The molecule has 36 heavy (non-hydrogen) atoms. The van der Waals surface area contributed by atoms with Crippen LogP contribution in [0.25, 0.3) is 6.08 Å². The third-order valence-electron chi connectivity index (χ3n) is 6.50. The van der Waals surface area contributed by atoms with E-state index in [1.165, 1.54) is 30.6 Å². The molecule has 1 aromatic heterocycles. The molecule has 1 aliphatic carbocycles. The number of hydrogen-bond donors (Lipinski definition) is 1. The zero-order valence-corrected chi connectivity index (χ0v) is 20.2. The van der Waals surface area contributed by atoms with Gasteiger partial charge in [0.15, 0.2) is 5.78 Å². The van der Waals surface area contributed by atoms with Crippen LogP contribution in [-0.4, -0.2) is 51.7 Å². The lowest BCUT2D eigenvalue weighted by Crippen LogP contribution is -2.63. The monoisotopic (exact) mass is 484 g/mol. The van der Waals surface area contributed by atoms with Gasteiger partial charge in [-0.15, -0.1) is 0 Å². The van der Waals surface area contributed by atoms with E-state index >= 15 is 0 Å². The number of benzene rings is 2. The van der Waals surface area contributed by atoms with Crippen molar-refractivity contribution in [1.29, 1.82) is 0 Å². The summed E-state index contributed by atoms with van der Waals surface area (Å²) in [6.45, 7) is 1.54. The van der Waals surface area contributed by atoms with Crippen molar-refractivity contribution in [2.45, 2.75) is 37.4 Å². The normalized spacial score (nSPS) is 18.0. The number of ether oxygens (including phenoxy) is 1. The van der Waals surface area contributed by atoms with Crippen molar-refractivity contribution in [2.75, 3.05) is 7.11 Å². The lowest BCUT2D eigenvalue weighted by atomic mass is 9.72. The van der Waals surface area contributed by atoms with Crippen LogP contribution in [0.5, 0.6) is 0 Å². The molecule has 2 aromatic carbocycles. The Labute approximate surface area is 209 Å². The highest BCUT2D eigenvalue weighted by atomic mass is 16.5. The molecule has 0 aliphatic heterocycles. The SMILES string of the molecule is COC(=O)[C@H](C)N(C(=O)c1cnccn1)C1(C(=O)[C@@H](N)Cc2ccccc2)CC=Cc2ccccc21. The molecule has 0 fully saturated rings. The van der Waals surface area contributed by atoms with Crippen LogP contribution in [0.15, 0.2) is 79.3 Å². The predicted molar refractivity (Wildman–Crippen MR) is 135 cm³/mol. The molecule has 2 N–H and O–H groups in total. The largest absolute Gasteiger partial charge is 0.467 e. The molecule has 1 heterocycles. The van der Waals surface area contributed by atoms with E-state index in [4.69, 9.17) is 10.5 Å². The molecular formula is C28H28N4O4. The number of aromatic nitrogens is 2. The summed E-state index contributed by atoms with van der Waals surface area (Å²) in [6.07, 6.45) is 8.28. The summed E-state index contributed by atoms with van der Waals surface area (Å²) in [5.74, 6) is -1.66. The van der Waals surface area contributed by atoms with E-state index in [0.717, 1.165) is 11.1 Å². The van der Waals surface area contributed by atoms with Gasteiger partial charge in [0.1, 0.15) is 17.3 Å². The van der Waals surface area contributed by atoms with Gasteiger partial charge in [-0.1, -0.05) is 66.7 Å². The summed E-state index contributed by atoms with van der Waals surface area (Å²) in [5, 5.41) is 0. The molecule has 0 saturated heterocycles. The van der Waals surface area contributed by atoms with Crippen LogP contribution in [0.4, 0.5) is 0 Å². The zero-order valence-electron chi connectivity index (χ0n) is 20.2. The van der Waals surface area contributed by atoms with Gasteiger partial charge >= 0.3 is 5.97 Å². The number of carbonyl (C=O) groups excluding carboxylic acids is 3. The smallest absolute Gasteiger partial charge is 0.328 e. The molecule has 8 nitrogen and oxygen atoms in total. The molecule has 8 heteroatoms. The average Bonchev–Trinajstić information content (AvgIpc) is 2.93. The lowest BCUT2D eigenvalue weighted by molar-refractivity contribution is -0.150.